The molecular formula is C11H17NO2. The van der Waals surface area contributed by atoms with E-state index in [1.807, 2.05) is 24.3 Å². The van der Waals surface area contributed by atoms with Crippen LogP contribution in [-0.4, -0.2) is 18.3 Å². The van der Waals surface area contributed by atoms with Gasteiger partial charge in [-0.2, -0.15) is 0 Å². The van der Waals surface area contributed by atoms with Crippen molar-refractivity contribution in [2.75, 3.05) is 13.2 Å². The lowest BCUT2D eigenvalue weighted by Crippen LogP contribution is -1.99. The Kier molecular flexibility index (Phi) is 5.04. The Morgan fingerprint density at radius 1 is 1.14 bits per heavy atom. The smallest absolute Gasteiger partial charge is 0.119 e. The average molecular weight is 195 g/mol. The van der Waals surface area contributed by atoms with E-state index in [0.29, 0.717) is 13.2 Å². The molecule has 0 aromatic heterocycles. The summed E-state index contributed by atoms with van der Waals surface area (Å²) in [5.74, 6) is 0.861. The largest absolute Gasteiger partial charge is 0.494 e. The zero-order valence-corrected chi connectivity index (χ0v) is 8.28. The molecule has 0 aliphatic carbocycles. The summed E-state index contributed by atoms with van der Waals surface area (Å²) >= 11 is 0. The van der Waals surface area contributed by atoms with Crippen LogP contribution in [0.3, 0.4) is 0 Å². The van der Waals surface area contributed by atoms with Crippen molar-refractivity contribution in [3.8, 4) is 5.75 Å². The number of hydrogen-bond acceptors (Lipinski definition) is 3. The zero-order chi connectivity index (χ0) is 10.2. The molecule has 3 heteroatoms. The van der Waals surface area contributed by atoms with Gasteiger partial charge in [0, 0.05) is 13.2 Å². The van der Waals surface area contributed by atoms with Gasteiger partial charge in [0.1, 0.15) is 5.75 Å². The number of rotatable bonds is 6. The van der Waals surface area contributed by atoms with Crippen molar-refractivity contribution in [1.29, 1.82) is 0 Å². The molecule has 0 aliphatic heterocycles. The molecule has 1 aromatic rings. The number of ether oxygens (including phenoxy) is 1. The SMILES string of the molecule is NCc1ccc(OCCCCO)cc1. The molecule has 3 nitrogen and oxygen atoms in total. The minimum atomic E-state index is 0.232. The van der Waals surface area contributed by atoms with Crippen molar-refractivity contribution >= 4 is 0 Å². The number of benzene rings is 1. The van der Waals surface area contributed by atoms with Crippen LogP contribution in [-0.2, 0) is 6.54 Å². The topological polar surface area (TPSA) is 55.5 Å². The zero-order valence-electron chi connectivity index (χ0n) is 8.28. The molecule has 0 heterocycles. The predicted molar refractivity (Wildman–Crippen MR) is 56.1 cm³/mol. The van der Waals surface area contributed by atoms with Crippen molar-refractivity contribution in [3.63, 3.8) is 0 Å². The van der Waals surface area contributed by atoms with Crippen molar-refractivity contribution in [1.82, 2.24) is 0 Å². The number of unbranched alkanes of at least 4 members (excludes halogenated alkanes) is 1. The van der Waals surface area contributed by atoms with Gasteiger partial charge in [-0.1, -0.05) is 12.1 Å². The molecule has 0 fully saturated rings. The first-order valence-electron chi connectivity index (χ1n) is 4.89. The number of aliphatic hydroxyl groups excluding tert-OH is 1. The maximum Gasteiger partial charge on any atom is 0.119 e. The molecule has 0 saturated carbocycles. The van der Waals surface area contributed by atoms with Crippen molar-refractivity contribution in [2.45, 2.75) is 19.4 Å². The normalized spacial score (nSPS) is 10.1. The van der Waals surface area contributed by atoms with Crippen LogP contribution in [0.15, 0.2) is 24.3 Å². The molecule has 0 amide bonds. The van der Waals surface area contributed by atoms with Crippen LogP contribution >= 0.6 is 0 Å². The Labute approximate surface area is 84.5 Å². The monoisotopic (exact) mass is 195 g/mol. The van der Waals surface area contributed by atoms with Crippen molar-refractivity contribution in [3.05, 3.63) is 29.8 Å². The van der Waals surface area contributed by atoms with Crippen molar-refractivity contribution < 1.29 is 9.84 Å². The van der Waals surface area contributed by atoms with Gasteiger partial charge in [-0.05, 0) is 30.5 Å². The van der Waals surface area contributed by atoms with Gasteiger partial charge < -0.3 is 15.6 Å². The first kappa shape index (κ1) is 11.0. The molecule has 1 aromatic carbocycles. The van der Waals surface area contributed by atoms with E-state index in [-0.39, 0.29) is 6.61 Å². The molecule has 0 atom stereocenters. The standard InChI is InChI=1S/C11H17NO2/c12-9-10-3-5-11(6-4-10)14-8-2-1-7-13/h3-6,13H,1-2,7-9,12H2. The van der Waals surface area contributed by atoms with Gasteiger partial charge in [0.25, 0.3) is 0 Å². The van der Waals surface area contributed by atoms with E-state index in [4.69, 9.17) is 15.6 Å². The molecule has 1 rings (SSSR count). The van der Waals surface area contributed by atoms with E-state index < -0.39 is 0 Å². The molecule has 3 N–H and O–H groups in total. The highest BCUT2D eigenvalue weighted by Gasteiger charge is 1.93. The number of nitrogens with two attached hydrogens (primary N) is 1. The molecule has 0 saturated heterocycles. The van der Waals surface area contributed by atoms with Crippen molar-refractivity contribution in [2.24, 2.45) is 5.73 Å². The van der Waals surface area contributed by atoms with Crippen LogP contribution in [0.1, 0.15) is 18.4 Å². The molecule has 0 bridgehead atoms. The summed E-state index contributed by atoms with van der Waals surface area (Å²) in [6, 6.07) is 7.75. The van der Waals surface area contributed by atoms with Gasteiger partial charge in [-0.3, -0.25) is 0 Å². The number of aliphatic hydroxyl groups is 1. The van der Waals surface area contributed by atoms with Crippen LogP contribution in [0.4, 0.5) is 0 Å². The summed E-state index contributed by atoms with van der Waals surface area (Å²) in [6.07, 6.45) is 1.68. The second-order valence-corrected chi connectivity index (χ2v) is 3.13. The fourth-order valence-corrected chi connectivity index (χ4v) is 1.13. The molecule has 0 unspecified atom stereocenters. The summed E-state index contributed by atoms with van der Waals surface area (Å²) in [5, 5.41) is 8.56. The second-order valence-electron chi connectivity index (χ2n) is 3.13. The van der Waals surface area contributed by atoms with Crippen LogP contribution < -0.4 is 10.5 Å². The highest BCUT2D eigenvalue weighted by atomic mass is 16.5. The van der Waals surface area contributed by atoms with E-state index >= 15 is 0 Å². The highest BCUT2D eigenvalue weighted by Crippen LogP contribution is 2.12. The van der Waals surface area contributed by atoms with Gasteiger partial charge >= 0.3 is 0 Å². The molecule has 0 aliphatic rings. The second kappa shape index (κ2) is 6.40. The van der Waals surface area contributed by atoms with Crippen LogP contribution in [0.5, 0.6) is 5.75 Å². The lowest BCUT2D eigenvalue weighted by atomic mass is 10.2. The molecule has 14 heavy (non-hydrogen) atoms. The fourth-order valence-electron chi connectivity index (χ4n) is 1.13. The van der Waals surface area contributed by atoms with E-state index in [0.717, 1.165) is 24.2 Å². The maximum absolute atomic E-state index is 8.56. The summed E-state index contributed by atoms with van der Waals surface area (Å²) < 4.78 is 5.46. The van der Waals surface area contributed by atoms with Gasteiger partial charge in [0.2, 0.25) is 0 Å². The van der Waals surface area contributed by atoms with Crippen LogP contribution in [0, 0.1) is 0 Å². The Hall–Kier alpha value is -1.06. The third-order valence-electron chi connectivity index (χ3n) is 1.98. The van der Waals surface area contributed by atoms with Gasteiger partial charge in [-0.25, -0.2) is 0 Å². The third-order valence-corrected chi connectivity index (χ3v) is 1.98. The summed E-state index contributed by atoms with van der Waals surface area (Å²) in [6.45, 7) is 1.45. The lowest BCUT2D eigenvalue weighted by molar-refractivity contribution is 0.253. The Morgan fingerprint density at radius 3 is 2.43 bits per heavy atom. The maximum atomic E-state index is 8.56. The Balaban J connectivity index is 2.29. The predicted octanol–water partition coefficient (Wildman–Crippen LogP) is 1.30. The number of hydrogen-bond donors (Lipinski definition) is 2. The third kappa shape index (κ3) is 3.77. The molecule has 78 valence electrons. The van der Waals surface area contributed by atoms with Gasteiger partial charge in [-0.15, -0.1) is 0 Å². The average Bonchev–Trinajstić information content (AvgIpc) is 2.25. The fraction of sp³-hybridized carbons (Fsp3) is 0.455. The summed E-state index contributed by atoms with van der Waals surface area (Å²) in [7, 11) is 0. The minimum Gasteiger partial charge on any atom is -0.494 e. The summed E-state index contributed by atoms with van der Waals surface area (Å²) in [5.41, 5.74) is 6.58. The molecule has 0 radical (unpaired) electrons. The Morgan fingerprint density at radius 2 is 1.86 bits per heavy atom. The minimum absolute atomic E-state index is 0.232. The summed E-state index contributed by atoms with van der Waals surface area (Å²) in [4.78, 5) is 0. The lowest BCUT2D eigenvalue weighted by Gasteiger charge is -2.05. The highest BCUT2D eigenvalue weighted by molar-refractivity contribution is 5.26. The molecule has 0 spiro atoms. The molecular weight excluding hydrogens is 178 g/mol. The Bertz CT molecular complexity index is 246. The van der Waals surface area contributed by atoms with Crippen LogP contribution in [0.2, 0.25) is 0 Å². The van der Waals surface area contributed by atoms with Gasteiger partial charge in [0.05, 0.1) is 6.61 Å². The quantitative estimate of drug-likeness (QED) is 0.673. The van der Waals surface area contributed by atoms with E-state index in [1.54, 1.807) is 0 Å². The first-order chi connectivity index (χ1) is 6.86. The van der Waals surface area contributed by atoms with E-state index in [9.17, 15) is 0 Å². The first-order valence-corrected chi connectivity index (χ1v) is 4.89. The van der Waals surface area contributed by atoms with E-state index in [2.05, 4.69) is 0 Å². The van der Waals surface area contributed by atoms with Crippen LogP contribution in [0.25, 0.3) is 0 Å². The van der Waals surface area contributed by atoms with Gasteiger partial charge in [0.15, 0.2) is 0 Å². The van der Waals surface area contributed by atoms with E-state index in [1.165, 1.54) is 0 Å².